The van der Waals surface area contributed by atoms with Gasteiger partial charge in [-0.05, 0) is 37.8 Å². The Labute approximate surface area is 93.3 Å². The first-order valence-corrected chi connectivity index (χ1v) is 5.63. The highest BCUT2D eigenvalue weighted by atomic mass is 15.1. The van der Waals surface area contributed by atoms with E-state index in [-0.39, 0.29) is 0 Å². The van der Waals surface area contributed by atoms with Gasteiger partial charge in [-0.15, -0.1) is 0 Å². The van der Waals surface area contributed by atoms with E-state index < -0.39 is 0 Å². The highest BCUT2D eigenvalue weighted by Gasteiger charge is 2.07. The second-order valence-corrected chi connectivity index (χ2v) is 4.26. The molecule has 0 fully saturated rings. The van der Waals surface area contributed by atoms with Gasteiger partial charge in [0.15, 0.2) is 0 Å². The van der Waals surface area contributed by atoms with Crippen LogP contribution in [0.15, 0.2) is 0 Å². The summed E-state index contributed by atoms with van der Waals surface area (Å²) in [5, 5.41) is 0. The minimum absolute atomic E-state index is 1.04. The van der Waals surface area contributed by atoms with Crippen LogP contribution in [-0.4, -0.2) is 19.1 Å². The Balaban J connectivity index is 3.00. The van der Waals surface area contributed by atoms with Gasteiger partial charge in [0.2, 0.25) is 0 Å². The van der Waals surface area contributed by atoms with Crippen molar-refractivity contribution >= 4 is 5.82 Å². The van der Waals surface area contributed by atoms with Crippen molar-refractivity contribution in [3.8, 4) is 0 Å². The van der Waals surface area contributed by atoms with Gasteiger partial charge >= 0.3 is 0 Å². The second kappa shape index (κ2) is 5.15. The second-order valence-electron chi connectivity index (χ2n) is 4.26. The lowest BCUT2D eigenvalue weighted by Gasteiger charge is -2.17. The summed E-state index contributed by atoms with van der Waals surface area (Å²) < 4.78 is 0. The molecule has 0 bridgehead atoms. The summed E-state index contributed by atoms with van der Waals surface area (Å²) in [6, 6.07) is 3.37. The van der Waals surface area contributed by atoms with Crippen molar-refractivity contribution in [3.63, 3.8) is 0 Å². The summed E-state index contributed by atoms with van der Waals surface area (Å²) in [7, 11) is 4.08. The van der Waals surface area contributed by atoms with Gasteiger partial charge in [-0.3, -0.25) is 0 Å². The van der Waals surface area contributed by atoms with Gasteiger partial charge in [0.25, 0.3) is 0 Å². The Morgan fingerprint density at radius 1 is 1.27 bits per heavy atom. The fourth-order valence-electron chi connectivity index (χ4n) is 1.62. The molecule has 2 heteroatoms. The third-order valence-corrected chi connectivity index (χ3v) is 2.66. The first-order chi connectivity index (χ1) is 7.06. The Kier molecular flexibility index (Phi) is 4.13. The molecular formula is C13H21N2. The molecule has 0 spiro atoms. The summed E-state index contributed by atoms with van der Waals surface area (Å²) in [5.41, 5.74) is 3.56. The van der Waals surface area contributed by atoms with E-state index >= 15 is 0 Å². The predicted octanol–water partition coefficient (Wildman–Crippen LogP) is 2.91. The maximum atomic E-state index is 4.64. The van der Waals surface area contributed by atoms with Crippen molar-refractivity contribution in [2.45, 2.75) is 40.0 Å². The van der Waals surface area contributed by atoms with E-state index in [0.717, 1.165) is 17.9 Å². The van der Waals surface area contributed by atoms with Crippen LogP contribution in [0.25, 0.3) is 0 Å². The molecule has 0 aliphatic rings. The van der Waals surface area contributed by atoms with Crippen molar-refractivity contribution < 1.29 is 0 Å². The molecule has 15 heavy (non-hydrogen) atoms. The number of unbranched alkanes of at least 4 members (excludes halogenated alkanes) is 1. The molecule has 1 aromatic heterocycles. The topological polar surface area (TPSA) is 16.1 Å². The van der Waals surface area contributed by atoms with E-state index in [2.05, 4.69) is 36.7 Å². The molecule has 0 amide bonds. The molecular weight excluding hydrogens is 184 g/mol. The predicted molar refractivity (Wildman–Crippen MR) is 65.5 cm³/mol. The van der Waals surface area contributed by atoms with Crippen LogP contribution in [0.5, 0.6) is 0 Å². The highest BCUT2D eigenvalue weighted by molar-refractivity contribution is 5.49. The maximum absolute atomic E-state index is 4.64. The molecule has 83 valence electrons. The lowest BCUT2D eigenvalue weighted by atomic mass is 10.1. The van der Waals surface area contributed by atoms with Gasteiger partial charge in [-0.25, -0.2) is 4.98 Å². The number of hydrogen-bond acceptors (Lipinski definition) is 2. The number of aryl methyl sites for hydroxylation is 2. The lowest BCUT2D eigenvalue weighted by molar-refractivity contribution is 0.772. The Bertz CT molecular complexity index is 330. The van der Waals surface area contributed by atoms with Crippen LogP contribution in [0, 0.1) is 19.9 Å². The summed E-state index contributed by atoms with van der Waals surface area (Å²) >= 11 is 0. The van der Waals surface area contributed by atoms with Crippen LogP contribution in [-0.2, 0) is 6.42 Å². The molecule has 0 unspecified atom stereocenters. The van der Waals surface area contributed by atoms with Crippen molar-refractivity contribution in [2.75, 3.05) is 19.0 Å². The average molecular weight is 205 g/mol. The zero-order valence-electron chi connectivity index (χ0n) is 10.5. The van der Waals surface area contributed by atoms with E-state index in [9.17, 15) is 0 Å². The Morgan fingerprint density at radius 3 is 2.47 bits per heavy atom. The number of nitrogens with zero attached hydrogens (tertiary/aromatic N) is 2. The normalized spacial score (nSPS) is 10.5. The van der Waals surface area contributed by atoms with Crippen LogP contribution in [0.4, 0.5) is 5.82 Å². The van der Waals surface area contributed by atoms with Gasteiger partial charge in [0, 0.05) is 20.2 Å². The minimum atomic E-state index is 1.04. The highest BCUT2D eigenvalue weighted by Crippen LogP contribution is 2.19. The molecule has 0 saturated carbocycles. The SMILES string of the molecule is CCCCc1[c]c(C)c(C)c(N(C)C)n1. The third kappa shape index (κ3) is 2.95. The van der Waals surface area contributed by atoms with Gasteiger partial charge in [0.05, 0.1) is 5.69 Å². The molecule has 0 saturated heterocycles. The summed E-state index contributed by atoms with van der Waals surface area (Å²) in [4.78, 5) is 6.72. The minimum Gasteiger partial charge on any atom is -0.363 e. The Morgan fingerprint density at radius 2 is 1.93 bits per heavy atom. The fraction of sp³-hybridized carbons (Fsp3) is 0.615. The molecule has 1 heterocycles. The molecule has 0 N–H and O–H groups in total. The van der Waals surface area contributed by atoms with E-state index in [1.54, 1.807) is 0 Å². The molecule has 1 aromatic rings. The standard InChI is InChI=1S/C13H21N2/c1-6-7-8-12-9-10(2)11(3)13(14-12)15(4)5/h6-8H2,1-5H3. The quantitative estimate of drug-likeness (QED) is 0.751. The van der Waals surface area contributed by atoms with E-state index in [1.807, 2.05) is 14.1 Å². The number of rotatable bonds is 4. The molecule has 0 aliphatic heterocycles. The average Bonchev–Trinajstić information content (AvgIpc) is 2.19. The van der Waals surface area contributed by atoms with Crippen molar-refractivity contribution in [1.29, 1.82) is 0 Å². The van der Waals surface area contributed by atoms with Crippen LogP contribution in [0.2, 0.25) is 0 Å². The zero-order valence-corrected chi connectivity index (χ0v) is 10.5. The number of pyridine rings is 1. The molecule has 0 aromatic carbocycles. The molecule has 1 rings (SSSR count). The third-order valence-electron chi connectivity index (χ3n) is 2.66. The van der Waals surface area contributed by atoms with E-state index in [0.29, 0.717) is 0 Å². The summed E-state index contributed by atoms with van der Waals surface area (Å²) in [6.45, 7) is 6.42. The van der Waals surface area contributed by atoms with E-state index in [4.69, 9.17) is 0 Å². The van der Waals surface area contributed by atoms with Crippen molar-refractivity contribution in [2.24, 2.45) is 0 Å². The van der Waals surface area contributed by atoms with Gasteiger partial charge < -0.3 is 4.90 Å². The Hall–Kier alpha value is -1.05. The van der Waals surface area contributed by atoms with Crippen LogP contribution in [0.1, 0.15) is 36.6 Å². The first kappa shape index (κ1) is 12.0. The van der Waals surface area contributed by atoms with Gasteiger partial charge in [-0.1, -0.05) is 13.3 Å². The number of anilines is 1. The largest absolute Gasteiger partial charge is 0.363 e. The first-order valence-electron chi connectivity index (χ1n) is 5.63. The zero-order chi connectivity index (χ0) is 11.4. The lowest BCUT2D eigenvalue weighted by Crippen LogP contribution is -2.14. The number of hydrogen-bond donors (Lipinski definition) is 0. The maximum Gasteiger partial charge on any atom is 0.131 e. The summed E-state index contributed by atoms with van der Waals surface area (Å²) in [6.07, 6.45) is 3.44. The van der Waals surface area contributed by atoms with E-state index in [1.165, 1.54) is 24.0 Å². The summed E-state index contributed by atoms with van der Waals surface area (Å²) in [5.74, 6) is 1.08. The molecule has 0 aliphatic carbocycles. The molecule has 2 nitrogen and oxygen atoms in total. The van der Waals surface area contributed by atoms with Crippen molar-refractivity contribution in [3.05, 3.63) is 22.9 Å². The van der Waals surface area contributed by atoms with Crippen LogP contribution in [0.3, 0.4) is 0 Å². The van der Waals surface area contributed by atoms with Gasteiger partial charge in [-0.2, -0.15) is 0 Å². The van der Waals surface area contributed by atoms with Crippen LogP contribution >= 0.6 is 0 Å². The van der Waals surface area contributed by atoms with Gasteiger partial charge in [0.1, 0.15) is 5.82 Å². The van der Waals surface area contributed by atoms with Crippen molar-refractivity contribution in [1.82, 2.24) is 4.98 Å². The molecule has 0 atom stereocenters. The monoisotopic (exact) mass is 205 g/mol. The fourth-order valence-corrected chi connectivity index (χ4v) is 1.62. The smallest absolute Gasteiger partial charge is 0.131 e. The molecule has 1 radical (unpaired) electrons. The van der Waals surface area contributed by atoms with Crippen LogP contribution < -0.4 is 4.90 Å². The number of aromatic nitrogens is 1.